The minimum atomic E-state index is -0.769. The van der Waals surface area contributed by atoms with Gasteiger partial charge in [0.25, 0.3) is 5.91 Å². The molecule has 1 aromatic carbocycles. The summed E-state index contributed by atoms with van der Waals surface area (Å²) in [6.45, 7) is 0.359. The molecule has 0 aliphatic carbocycles. The maximum atomic E-state index is 13.3. The first kappa shape index (κ1) is 14.7. The van der Waals surface area contributed by atoms with Crippen LogP contribution in [-0.2, 0) is 0 Å². The second kappa shape index (κ2) is 7.20. The van der Waals surface area contributed by atoms with Gasteiger partial charge in [0.1, 0.15) is 17.4 Å². The Balaban J connectivity index is 2.35. The monoisotopic (exact) mass is 269 g/mol. The summed E-state index contributed by atoms with van der Waals surface area (Å²) in [7, 11) is 0. The Bertz CT molecular complexity index is 477. The zero-order valence-electron chi connectivity index (χ0n) is 10.3. The molecule has 0 aliphatic heterocycles. The molecule has 0 saturated heterocycles. The summed E-state index contributed by atoms with van der Waals surface area (Å²) < 4.78 is 13.3. The van der Waals surface area contributed by atoms with Crippen molar-refractivity contribution in [1.82, 2.24) is 5.32 Å². The standard InChI is InChI=1S/C12H16FN3O3/c13-10-7-8(17)4-5-9(10)12(18)15-6-2-1-3-11(14)16-19/h4-5,7,17,19H,1-3,6H2,(H2,14,16)(H,15,18). The van der Waals surface area contributed by atoms with Crippen molar-refractivity contribution in [1.29, 1.82) is 0 Å². The number of rotatable bonds is 6. The van der Waals surface area contributed by atoms with Crippen LogP contribution in [0.4, 0.5) is 4.39 Å². The SMILES string of the molecule is N/C(CCCCNC(=O)c1ccc(O)cc1F)=N/O. The van der Waals surface area contributed by atoms with Crippen LogP contribution >= 0.6 is 0 Å². The predicted molar refractivity (Wildman–Crippen MR) is 67.7 cm³/mol. The lowest BCUT2D eigenvalue weighted by Crippen LogP contribution is -2.25. The van der Waals surface area contributed by atoms with Gasteiger partial charge in [-0.1, -0.05) is 5.16 Å². The second-order valence-electron chi connectivity index (χ2n) is 3.97. The number of unbranched alkanes of at least 4 members (excludes halogenated alkanes) is 1. The summed E-state index contributed by atoms with van der Waals surface area (Å²) in [6.07, 6.45) is 1.70. The highest BCUT2D eigenvalue weighted by molar-refractivity contribution is 5.94. The van der Waals surface area contributed by atoms with Crippen LogP contribution in [0.5, 0.6) is 5.75 Å². The minimum Gasteiger partial charge on any atom is -0.508 e. The fraction of sp³-hybridized carbons (Fsp3) is 0.333. The molecule has 19 heavy (non-hydrogen) atoms. The van der Waals surface area contributed by atoms with Crippen molar-refractivity contribution in [2.24, 2.45) is 10.9 Å². The van der Waals surface area contributed by atoms with E-state index in [9.17, 15) is 9.18 Å². The van der Waals surface area contributed by atoms with Crippen LogP contribution in [0.15, 0.2) is 23.4 Å². The Kier molecular flexibility index (Phi) is 5.59. The highest BCUT2D eigenvalue weighted by Crippen LogP contribution is 2.14. The summed E-state index contributed by atoms with van der Waals surface area (Å²) in [5.74, 6) is -1.40. The number of hydrogen-bond acceptors (Lipinski definition) is 4. The third-order valence-corrected chi connectivity index (χ3v) is 2.47. The molecule has 104 valence electrons. The molecule has 0 aromatic heterocycles. The van der Waals surface area contributed by atoms with Crippen LogP contribution in [0.25, 0.3) is 0 Å². The number of carbonyl (C=O) groups excluding carboxylic acids is 1. The molecule has 0 bridgehead atoms. The molecule has 6 nitrogen and oxygen atoms in total. The van der Waals surface area contributed by atoms with Crippen LogP contribution in [0.1, 0.15) is 29.6 Å². The summed E-state index contributed by atoms with van der Waals surface area (Å²) in [6, 6.07) is 3.35. The number of phenols is 1. The van der Waals surface area contributed by atoms with Gasteiger partial charge < -0.3 is 21.4 Å². The fourth-order valence-electron chi connectivity index (χ4n) is 1.47. The molecule has 1 aromatic rings. The normalized spacial score (nSPS) is 11.3. The van der Waals surface area contributed by atoms with Gasteiger partial charge in [0, 0.05) is 19.0 Å². The number of oxime groups is 1. The zero-order valence-corrected chi connectivity index (χ0v) is 10.3. The number of nitrogens with one attached hydrogen (secondary N) is 1. The molecule has 5 N–H and O–H groups in total. The van der Waals surface area contributed by atoms with Gasteiger partial charge in [0.2, 0.25) is 0 Å². The van der Waals surface area contributed by atoms with Crippen molar-refractivity contribution in [3.05, 3.63) is 29.6 Å². The van der Waals surface area contributed by atoms with Crippen molar-refractivity contribution < 1.29 is 19.5 Å². The number of carbonyl (C=O) groups is 1. The van der Waals surface area contributed by atoms with Gasteiger partial charge in [0.15, 0.2) is 0 Å². The van der Waals surface area contributed by atoms with Crippen LogP contribution < -0.4 is 11.1 Å². The summed E-state index contributed by atoms with van der Waals surface area (Å²) >= 11 is 0. The Labute approximate surface area is 109 Å². The van der Waals surface area contributed by atoms with E-state index >= 15 is 0 Å². The first-order chi connectivity index (χ1) is 9.04. The van der Waals surface area contributed by atoms with Crippen molar-refractivity contribution in [3.63, 3.8) is 0 Å². The number of phenolic OH excluding ortho intramolecular Hbond substituents is 1. The van der Waals surface area contributed by atoms with Crippen LogP contribution in [0.3, 0.4) is 0 Å². The lowest BCUT2D eigenvalue weighted by molar-refractivity contribution is 0.0949. The first-order valence-electron chi connectivity index (χ1n) is 5.77. The van der Waals surface area contributed by atoms with E-state index in [0.717, 1.165) is 6.07 Å². The van der Waals surface area contributed by atoms with Crippen molar-refractivity contribution in [2.45, 2.75) is 19.3 Å². The first-order valence-corrected chi connectivity index (χ1v) is 5.77. The molecule has 0 saturated carbocycles. The van der Waals surface area contributed by atoms with Crippen LogP contribution in [-0.4, -0.2) is 28.6 Å². The highest BCUT2D eigenvalue weighted by Gasteiger charge is 2.11. The van der Waals surface area contributed by atoms with Crippen molar-refractivity contribution in [3.8, 4) is 5.75 Å². The van der Waals surface area contributed by atoms with Crippen LogP contribution in [0.2, 0.25) is 0 Å². The molecule has 1 rings (SSSR count). The lowest BCUT2D eigenvalue weighted by atomic mass is 10.2. The molecule has 1 amide bonds. The van der Waals surface area contributed by atoms with E-state index in [-0.39, 0.29) is 17.1 Å². The lowest BCUT2D eigenvalue weighted by Gasteiger charge is -2.06. The topological polar surface area (TPSA) is 108 Å². The number of aromatic hydroxyl groups is 1. The van der Waals surface area contributed by atoms with E-state index in [0.29, 0.717) is 25.8 Å². The number of amides is 1. The number of amidine groups is 1. The van der Waals surface area contributed by atoms with Gasteiger partial charge in [0.05, 0.1) is 5.56 Å². The zero-order chi connectivity index (χ0) is 14.3. The van der Waals surface area contributed by atoms with Gasteiger partial charge in [-0.2, -0.15) is 0 Å². The molecule has 0 unspecified atom stereocenters. The Hall–Kier alpha value is -2.31. The minimum absolute atomic E-state index is 0.116. The van der Waals surface area contributed by atoms with E-state index in [4.69, 9.17) is 16.0 Å². The van der Waals surface area contributed by atoms with Gasteiger partial charge >= 0.3 is 0 Å². The molecule has 0 aliphatic rings. The number of halogens is 1. The summed E-state index contributed by atoms with van der Waals surface area (Å²) in [4.78, 5) is 11.6. The predicted octanol–water partition coefficient (Wildman–Crippen LogP) is 1.18. The molecule has 0 spiro atoms. The average Bonchev–Trinajstić information content (AvgIpc) is 2.37. The fourth-order valence-corrected chi connectivity index (χ4v) is 1.47. The maximum absolute atomic E-state index is 13.3. The number of nitrogens with zero attached hydrogens (tertiary/aromatic N) is 1. The van der Waals surface area contributed by atoms with E-state index in [1.54, 1.807) is 0 Å². The third-order valence-electron chi connectivity index (χ3n) is 2.47. The molecular formula is C12H16FN3O3. The van der Waals surface area contributed by atoms with Gasteiger partial charge in [-0.3, -0.25) is 4.79 Å². The Morgan fingerprint density at radius 3 is 2.79 bits per heavy atom. The van der Waals surface area contributed by atoms with E-state index < -0.39 is 11.7 Å². The summed E-state index contributed by atoms with van der Waals surface area (Å²) in [5, 5.41) is 22.7. The maximum Gasteiger partial charge on any atom is 0.254 e. The Morgan fingerprint density at radius 2 is 2.16 bits per heavy atom. The van der Waals surface area contributed by atoms with Gasteiger partial charge in [-0.25, -0.2) is 4.39 Å². The van der Waals surface area contributed by atoms with Crippen molar-refractivity contribution in [2.75, 3.05) is 6.54 Å². The van der Waals surface area contributed by atoms with Crippen LogP contribution in [0, 0.1) is 5.82 Å². The molecule has 0 fully saturated rings. The quantitative estimate of drug-likeness (QED) is 0.204. The van der Waals surface area contributed by atoms with Gasteiger partial charge in [-0.05, 0) is 25.0 Å². The van der Waals surface area contributed by atoms with E-state index in [2.05, 4.69) is 10.5 Å². The molecule has 0 heterocycles. The number of benzene rings is 1. The third kappa shape index (κ3) is 4.82. The second-order valence-corrected chi connectivity index (χ2v) is 3.97. The molecular weight excluding hydrogens is 253 g/mol. The smallest absolute Gasteiger partial charge is 0.254 e. The number of nitrogens with two attached hydrogens (primary N) is 1. The van der Waals surface area contributed by atoms with E-state index in [1.807, 2.05) is 0 Å². The molecule has 0 radical (unpaired) electrons. The van der Waals surface area contributed by atoms with Crippen molar-refractivity contribution >= 4 is 11.7 Å². The largest absolute Gasteiger partial charge is 0.508 e. The number of hydrogen-bond donors (Lipinski definition) is 4. The van der Waals surface area contributed by atoms with E-state index in [1.165, 1.54) is 12.1 Å². The average molecular weight is 269 g/mol. The molecule has 0 atom stereocenters. The highest BCUT2D eigenvalue weighted by atomic mass is 19.1. The summed E-state index contributed by atoms with van der Waals surface area (Å²) in [5.41, 5.74) is 5.16. The molecule has 7 heteroatoms. The Morgan fingerprint density at radius 1 is 1.42 bits per heavy atom. The van der Waals surface area contributed by atoms with Gasteiger partial charge in [-0.15, -0.1) is 0 Å².